The van der Waals surface area contributed by atoms with Crippen molar-refractivity contribution in [3.8, 4) is 0 Å². The fourth-order valence-corrected chi connectivity index (χ4v) is 5.74. The van der Waals surface area contributed by atoms with Crippen molar-refractivity contribution in [1.29, 1.82) is 0 Å². The summed E-state index contributed by atoms with van der Waals surface area (Å²) < 4.78 is 29.8. The van der Waals surface area contributed by atoms with Gasteiger partial charge in [-0.1, -0.05) is 26.8 Å². The standard InChI is InChI=1S/C22H26N4O4S2/c1-22(2,3)13-24-19(27)11-16-12-23-21(28)18-10-14-9-15(6-7-17(14)26(16)18)25-32(29,30)20-5-4-8-31-20/h4-10,16,25H,11-13H2,1-3H3,(H,23,28)(H,24,27). The molecule has 4 rings (SSSR count). The zero-order valence-electron chi connectivity index (χ0n) is 18.1. The Bertz CT molecular complexity index is 1270. The van der Waals surface area contributed by atoms with E-state index in [9.17, 15) is 18.0 Å². The third kappa shape index (κ3) is 4.66. The first kappa shape index (κ1) is 22.3. The molecule has 0 saturated heterocycles. The number of thiophene rings is 1. The van der Waals surface area contributed by atoms with Crippen molar-refractivity contribution < 1.29 is 18.0 Å². The van der Waals surface area contributed by atoms with Gasteiger partial charge in [0.1, 0.15) is 9.90 Å². The molecule has 10 heteroatoms. The third-order valence-corrected chi connectivity index (χ3v) is 7.96. The average Bonchev–Trinajstić information content (AvgIpc) is 3.36. The van der Waals surface area contributed by atoms with Gasteiger partial charge in [0.2, 0.25) is 5.91 Å². The first-order chi connectivity index (χ1) is 15.0. The summed E-state index contributed by atoms with van der Waals surface area (Å²) in [6.07, 6.45) is 0.236. The van der Waals surface area contributed by atoms with Crippen LogP contribution in [0.1, 0.15) is 43.7 Å². The van der Waals surface area contributed by atoms with E-state index in [-0.39, 0.29) is 33.9 Å². The predicted molar refractivity (Wildman–Crippen MR) is 126 cm³/mol. The number of rotatable bonds is 6. The smallest absolute Gasteiger partial charge is 0.271 e. The lowest BCUT2D eigenvalue weighted by atomic mass is 9.97. The topological polar surface area (TPSA) is 109 Å². The van der Waals surface area contributed by atoms with Crippen molar-refractivity contribution in [2.24, 2.45) is 5.41 Å². The second-order valence-corrected chi connectivity index (χ2v) is 12.0. The van der Waals surface area contributed by atoms with E-state index in [0.29, 0.717) is 24.5 Å². The third-order valence-electron chi connectivity index (χ3n) is 5.18. The van der Waals surface area contributed by atoms with Gasteiger partial charge < -0.3 is 15.2 Å². The quantitative estimate of drug-likeness (QED) is 0.509. The molecule has 3 heterocycles. The number of hydrogen-bond donors (Lipinski definition) is 3. The second-order valence-electron chi connectivity index (χ2n) is 9.12. The zero-order chi connectivity index (χ0) is 23.1. The van der Waals surface area contributed by atoms with E-state index >= 15 is 0 Å². The maximum Gasteiger partial charge on any atom is 0.271 e. The molecule has 1 unspecified atom stereocenters. The number of fused-ring (bicyclic) bond motifs is 3. The summed E-state index contributed by atoms with van der Waals surface area (Å²) in [4.78, 5) is 25.0. The van der Waals surface area contributed by atoms with Crippen molar-refractivity contribution in [1.82, 2.24) is 15.2 Å². The maximum absolute atomic E-state index is 12.5. The number of amides is 2. The lowest BCUT2D eigenvalue weighted by Gasteiger charge is -2.27. The minimum atomic E-state index is -3.67. The van der Waals surface area contributed by atoms with Gasteiger partial charge >= 0.3 is 0 Å². The molecule has 170 valence electrons. The van der Waals surface area contributed by atoms with Gasteiger partial charge in [-0.15, -0.1) is 11.3 Å². The van der Waals surface area contributed by atoms with Crippen LogP contribution in [0.25, 0.3) is 10.9 Å². The summed E-state index contributed by atoms with van der Waals surface area (Å²) in [7, 11) is -3.67. The number of nitrogens with zero attached hydrogens (tertiary/aromatic N) is 1. The Balaban J connectivity index is 1.61. The van der Waals surface area contributed by atoms with Crippen LogP contribution in [0.4, 0.5) is 5.69 Å². The fourth-order valence-electron chi connectivity index (χ4n) is 3.70. The SMILES string of the molecule is CC(C)(C)CNC(=O)CC1CNC(=O)c2cc3cc(NS(=O)(=O)c4cccs4)ccc3n21. The van der Waals surface area contributed by atoms with Crippen molar-refractivity contribution in [3.05, 3.63) is 47.5 Å². The summed E-state index contributed by atoms with van der Waals surface area (Å²) in [5, 5.41) is 8.24. The molecule has 0 bridgehead atoms. The van der Waals surface area contributed by atoms with Gasteiger partial charge in [0.25, 0.3) is 15.9 Å². The van der Waals surface area contributed by atoms with Crippen LogP contribution in [0, 0.1) is 5.41 Å². The molecule has 1 atom stereocenters. The molecule has 3 N–H and O–H groups in total. The molecule has 0 aliphatic carbocycles. The number of nitrogens with one attached hydrogen (secondary N) is 3. The molecule has 32 heavy (non-hydrogen) atoms. The van der Waals surface area contributed by atoms with Crippen molar-refractivity contribution in [2.75, 3.05) is 17.8 Å². The highest BCUT2D eigenvalue weighted by Crippen LogP contribution is 2.31. The Morgan fingerprint density at radius 2 is 2.03 bits per heavy atom. The van der Waals surface area contributed by atoms with Crippen molar-refractivity contribution >= 4 is 49.8 Å². The largest absolute Gasteiger partial charge is 0.356 e. The Hall–Kier alpha value is -2.85. The summed E-state index contributed by atoms with van der Waals surface area (Å²) in [6.45, 7) is 7.07. The Morgan fingerprint density at radius 3 is 2.72 bits per heavy atom. The van der Waals surface area contributed by atoms with Gasteiger partial charge in [0, 0.05) is 36.1 Å². The molecule has 0 fully saturated rings. The second kappa shape index (κ2) is 8.25. The van der Waals surface area contributed by atoms with E-state index in [4.69, 9.17) is 0 Å². The highest BCUT2D eigenvalue weighted by Gasteiger charge is 2.29. The number of carbonyl (C=O) groups is 2. The number of aromatic nitrogens is 1. The normalized spacial score (nSPS) is 16.5. The van der Waals surface area contributed by atoms with Crippen molar-refractivity contribution in [3.63, 3.8) is 0 Å². The molecule has 0 spiro atoms. The van der Waals surface area contributed by atoms with Crippen molar-refractivity contribution in [2.45, 2.75) is 37.4 Å². The minimum absolute atomic E-state index is 0.0192. The van der Waals surface area contributed by atoms with E-state index in [0.717, 1.165) is 22.2 Å². The minimum Gasteiger partial charge on any atom is -0.356 e. The molecule has 2 aromatic heterocycles. The van der Waals surface area contributed by atoms with Crippen LogP contribution in [-0.4, -0.2) is 37.9 Å². The molecule has 1 aromatic carbocycles. The van der Waals surface area contributed by atoms with E-state index < -0.39 is 10.0 Å². The summed E-state index contributed by atoms with van der Waals surface area (Å²) in [5.74, 6) is -0.289. The van der Waals surface area contributed by atoms with Gasteiger partial charge in [-0.05, 0) is 41.1 Å². The molecule has 2 amide bonds. The van der Waals surface area contributed by atoms with Crippen LogP contribution in [0.3, 0.4) is 0 Å². The molecule has 0 radical (unpaired) electrons. The number of anilines is 1. The molecule has 1 aliphatic heterocycles. The molecular formula is C22H26N4O4S2. The van der Waals surface area contributed by atoms with Gasteiger partial charge in [-0.3, -0.25) is 14.3 Å². The lowest BCUT2D eigenvalue weighted by Crippen LogP contribution is -2.41. The van der Waals surface area contributed by atoms with E-state index in [1.807, 2.05) is 4.57 Å². The maximum atomic E-state index is 12.5. The first-order valence-electron chi connectivity index (χ1n) is 10.3. The Kier molecular flexibility index (Phi) is 5.76. The van der Waals surface area contributed by atoms with E-state index in [2.05, 4.69) is 36.1 Å². The molecular weight excluding hydrogens is 448 g/mol. The van der Waals surface area contributed by atoms with Crippen LogP contribution < -0.4 is 15.4 Å². The van der Waals surface area contributed by atoms with E-state index in [1.165, 1.54) is 0 Å². The molecule has 1 aliphatic rings. The van der Waals surface area contributed by atoms with Gasteiger partial charge in [-0.25, -0.2) is 8.42 Å². The van der Waals surface area contributed by atoms with Gasteiger partial charge in [0.05, 0.1) is 6.04 Å². The van der Waals surface area contributed by atoms with E-state index in [1.54, 1.807) is 41.8 Å². The highest BCUT2D eigenvalue weighted by molar-refractivity contribution is 7.94. The van der Waals surface area contributed by atoms with Crippen LogP contribution in [0.5, 0.6) is 0 Å². The van der Waals surface area contributed by atoms with Crippen LogP contribution in [0.15, 0.2) is 46.0 Å². The lowest BCUT2D eigenvalue weighted by molar-refractivity contribution is -0.122. The van der Waals surface area contributed by atoms with Gasteiger partial charge in [0.15, 0.2) is 0 Å². The monoisotopic (exact) mass is 474 g/mol. The molecule has 3 aromatic rings. The number of hydrogen-bond acceptors (Lipinski definition) is 5. The number of carbonyl (C=O) groups excluding carboxylic acids is 2. The number of sulfonamides is 1. The summed E-state index contributed by atoms with van der Waals surface area (Å²) >= 11 is 1.14. The van der Waals surface area contributed by atoms with Crippen LogP contribution in [-0.2, 0) is 14.8 Å². The average molecular weight is 475 g/mol. The van der Waals surface area contributed by atoms with Crippen LogP contribution in [0.2, 0.25) is 0 Å². The first-order valence-corrected chi connectivity index (χ1v) is 12.7. The Morgan fingerprint density at radius 1 is 1.25 bits per heavy atom. The fraction of sp³-hybridized carbons (Fsp3) is 0.364. The molecule has 8 nitrogen and oxygen atoms in total. The summed E-state index contributed by atoms with van der Waals surface area (Å²) in [6, 6.07) is 9.88. The molecule has 0 saturated carbocycles. The predicted octanol–water partition coefficient (Wildman–Crippen LogP) is 3.34. The number of benzene rings is 1. The van der Waals surface area contributed by atoms with Gasteiger partial charge in [-0.2, -0.15) is 0 Å². The zero-order valence-corrected chi connectivity index (χ0v) is 19.8. The summed E-state index contributed by atoms with van der Waals surface area (Å²) in [5.41, 5.74) is 1.63. The van der Waals surface area contributed by atoms with Crippen LogP contribution >= 0.6 is 11.3 Å². The Labute approximate surface area is 191 Å². The highest BCUT2D eigenvalue weighted by atomic mass is 32.2.